The van der Waals surface area contributed by atoms with Crippen LogP contribution in [0.1, 0.15) is 91.0 Å². The molecule has 37 heavy (non-hydrogen) atoms. The van der Waals surface area contributed by atoms with Crippen molar-refractivity contribution in [3.63, 3.8) is 0 Å². The topological polar surface area (TPSA) is 117 Å². The van der Waals surface area contributed by atoms with Crippen molar-refractivity contribution in [2.75, 3.05) is 13.7 Å². The summed E-state index contributed by atoms with van der Waals surface area (Å²) < 4.78 is 21.2. The van der Waals surface area contributed by atoms with Crippen molar-refractivity contribution < 1.29 is 38.1 Å². The number of benzene rings is 1. The first-order valence-corrected chi connectivity index (χ1v) is 13.3. The number of carbonyl (C=O) groups is 4. The molecule has 2 atom stereocenters. The summed E-state index contributed by atoms with van der Waals surface area (Å²) in [6.45, 7) is 7.78. The average molecular weight is 522 g/mol. The molecule has 0 heterocycles. The van der Waals surface area contributed by atoms with E-state index in [9.17, 15) is 19.2 Å². The molecular formula is C28H43NO8. The zero-order chi connectivity index (χ0) is 27.6. The fraction of sp³-hybridized carbons (Fsp3) is 0.643. The lowest BCUT2D eigenvalue weighted by molar-refractivity contribution is -0.148. The molecule has 0 spiro atoms. The van der Waals surface area contributed by atoms with Gasteiger partial charge in [0.1, 0.15) is 12.1 Å². The molecule has 1 rings (SSSR count). The number of ether oxygens (including phenoxy) is 4. The van der Waals surface area contributed by atoms with Crippen LogP contribution in [-0.4, -0.2) is 49.7 Å². The maximum absolute atomic E-state index is 12.4. The van der Waals surface area contributed by atoms with Crippen molar-refractivity contribution in [1.82, 2.24) is 5.32 Å². The van der Waals surface area contributed by atoms with Crippen molar-refractivity contribution in [3.8, 4) is 11.5 Å². The molecule has 0 aliphatic heterocycles. The molecule has 0 saturated carbocycles. The van der Waals surface area contributed by atoms with E-state index in [2.05, 4.69) is 12.2 Å². The lowest BCUT2D eigenvalue weighted by Crippen LogP contribution is -2.43. The molecule has 0 aromatic heterocycles. The number of methoxy groups -OCH3 is 1. The number of nitrogens with one attached hydrogen (secondary N) is 1. The molecule has 0 fully saturated rings. The zero-order valence-electron chi connectivity index (χ0n) is 22.9. The van der Waals surface area contributed by atoms with Crippen molar-refractivity contribution in [2.45, 2.75) is 104 Å². The van der Waals surface area contributed by atoms with Gasteiger partial charge in [0.2, 0.25) is 0 Å². The van der Waals surface area contributed by atoms with Gasteiger partial charge in [-0.25, -0.2) is 0 Å². The summed E-state index contributed by atoms with van der Waals surface area (Å²) in [6, 6.07) is 4.15. The van der Waals surface area contributed by atoms with Crippen LogP contribution in [0.5, 0.6) is 11.5 Å². The summed E-state index contributed by atoms with van der Waals surface area (Å²) in [4.78, 5) is 48.7. The van der Waals surface area contributed by atoms with Gasteiger partial charge >= 0.3 is 23.9 Å². The molecule has 9 nitrogen and oxygen atoms in total. The molecule has 0 bridgehead atoms. The van der Waals surface area contributed by atoms with Gasteiger partial charge in [-0.1, -0.05) is 52.5 Å². The van der Waals surface area contributed by atoms with E-state index in [1.165, 1.54) is 7.11 Å². The van der Waals surface area contributed by atoms with Crippen LogP contribution in [0, 0.1) is 0 Å². The first-order chi connectivity index (χ1) is 17.7. The predicted octanol–water partition coefficient (Wildman–Crippen LogP) is 4.67. The van der Waals surface area contributed by atoms with Crippen LogP contribution in [-0.2, 0) is 35.1 Å². The van der Waals surface area contributed by atoms with Gasteiger partial charge in [-0.15, -0.1) is 0 Å². The minimum absolute atomic E-state index is 0.136. The van der Waals surface area contributed by atoms with E-state index in [1.807, 2.05) is 6.92 Å². The minimum Gasteiger partial charge on any atom is -0.468 e. The highest BCUT2D eigenvalue weighted by Crippen LogP contribution is 2.30. The van der Waals surface area contributed by atoms with Gasteiger partial charge in [0.25, 0.3) is 0 Å². The van der Waals surface area contributed by atoms with Gasteiger partial charge in [0.05, 0.1) is 7.11 Å². The molecule has 1 aromatic rings. The van der Waals surface area contributed by atoms with Gasteiger partial charge < -0.3 is 24.3 Å². The average Bonchev–Trinajstić information content (AvgIpc) is 2.87. The fourth-order valence-electron chi connectivity index (χ4n) is 3.50. The Balaban J connectivity index is 3.03. The molecule has 1 unspecified atom stereocenters. The van der Waals surface area contributed by atoms with Crippen LogP contribution in [0.3, 0.4) is 0 Å². The van der Waals surface area contributed by atoms with E-state index >= 15 is 0 Å². The third-order valence-electron chi connectivity index (χ3n) is 5.62. The molecule has 0 amide bonds. The van der Waals surface area contributed by atoms with Crippen molar-refractivity contribution in [1.29, 1.82) is 0 Å². The van der Waals surface area contributed by atoms with Crippen LogP contribution in [0.15, 0.2) is 18.2 Å². The quantitative estimate of drug-likeness (QED) is 0.167. The van der Waals surface area contributed by atoms with Gasteiger partial charge in [-0.2, -0.15) is 0 Å². The first-order valence-electron chi connectivity index (χ1n) is 13.3. The molecular weight excluding hydrogens is 478 g/mol. The highest BCUT2D eigenvalue weighted by Gasteiger charge is 2.22. The zero-order valence-corrected chi connectivity index (χ0v) is 22.9. The van der Waals surface area contributed by atoms with Gasteiger partial charge in [-0.05, 0) is 43.9 Å². The van der Waals surface area contributed by atoms with Crippen molar-refractivity contribution >= 4 is 23.9 Å². The van der Waals surface area contributed by atoms with E-state index in [-0.39, 0.29) is 49.7 Å². The van der Waals surface area contributed by atoms with E-state index in [1.54, 1.807) is 32.0 Å². The molecule has 1 N–H and O–H groups in total. The summed E-state index contributed by atoms with van der Waals surface area (Å²) in [6.07, 6.45) is 5.78. The van der Waals surface area contributed by atoms with Gasteiger partial charge in [0, 0.05) is 25.8 Å². The number of hydrogen-bond acceptors (Lipinski definition) is 9. The predicted molar refractivity (Wildman–Crippen MR) is 139 cm³/mol. The monoisotopic (exact) mass is 521 g/mol. The third-order valence-corrected chi connectivity index (χ3v) is 5.62. The van der Waals surface area contributed by atoms with E-state index < -0.39 is 30.1 Å². The summed E-state index contributed by atoms with van der Waals surface area (Å²) in [5, 5.41) is 3.07. The Hall–Kier alpha value is -2.94. The smallest absolute Gasteiger partial charge is 0.323 e. The Morgan fingerprint density at radius 3 is 1.97 bits per heavy atom. The largest absolute Gasteiger partial charge is 0.468 e. The van der Waals surface area contributed by atoms with Crippen LogP contribution in [0.25, 0.3) is 0 Å². The molecule has 0 aliphatic carbocycles. The number of hydrogen-bond donors (Lipinski definition) is 1. The standard InChI is InChI=1S/C28H43NO8/c1-6-9-11-13-26(31)36-23-16-15-21(18-24(23)37-27(32)14-12-10-7-2)17-22(28(33)34-5)29-19-20(4)35-25(30)8-3/h15-16,18,20,22,29H,6-14,17,19H2,1-5H3/t20?,22-/m0/s1. The van der Waals surface area contributed by atoms with Crippen LogP contribution < -0.4 is 14.8 Å². The van der Waals surface area contributed by atoms with Crippen molar-refractivity contribution in [2.24, 2.45) is 0 Å². The Kier molecular flexibility index (Phi) is 15.9. The maximum atomic E-state index is 12.4. The summed E-state index contributed by atoms with van der Waals surface area (Å²) >= 11 is 0. The normalized spacial score (nSPS) is 12.4. The van der Waals surface area contributed by atoms with E-state index in [0.29, 0.717) is 12.0 Å². The molecule has 0 radical (unpaired) electrons. The molecule has 0 aliphatic rings. The number of unbranched alkanes of at least 4 members (excludes halogenated alkanes) is 4. The van der Waals surface area contributed by atoms with Gasteiger partial charge in [-0.3, -0.25) is 19.2 Å². The fourth-order valence-corrected chi connectivity index (χ4v) is 3.50. The lowest BCUT2D eigenvalue weighted by Gasteiger charge is -2.20. The second-order valence-corrected chi connectivity index (χ2v) is 8.99. The van der Waals surface area contributed by atoms with Crippen LogP contribution in [0.4, 0.5) is 0 Å². The summed E-state index contributed by atoms with van der Waals surface area (Å²) in [5.41, 5.74) is 0.670. The highest BCUT2D eigenvalue weighted by molar-refractivity contribution is 5.77. The molecule has 0 saturated heterocycles. The Morgan fingerprint density at radius 2 is 1.43 bits per heavy atom. The number of carbonyl (C=O) groups excluding carboxylic acids is 4. The number of rotatable bonds is 18. The Morgan fingerprint density at radius 1 is 0.838 bits per heavy atom. The second-order valence-electron chi connectivity index (χ2n) is 8.99. The van der Waals surface area contributed by atoms with E-state index in [0.717, 1.165) is 32.1 Å². The first kappa shape index (κ1) is 32.1. The van der Waals surface area contributed by atoms with Crippen LogP contribution >= 0.6 is 0 Å². The van der Waals surface area contributed by atoms with Crippen molar-refractivity contribution in [3.05, 3.63) is 23.8 Å². The summed E-state index contributed by atoms with van der Waals surface area (Å²) in [7, 11) is 1.29. The summed E-state index contributed by atoms with van der Waals surface area (Å²) in [5.74, 6) is -1.32. The van der Waals surface area contributed by atoms with Gasteiger partial charge in [0.15, 0.2) is 11.5 Å². The molecule has 1 aromatic carbocycles. The third kappa shape index (κ3) is 13.3. The maximum Gasteiger partial charge on any atom is 0.323 e. The Labute approximate surface area is 220 Å². The highest BCUT2D eigenvalue weighted by atomic mass is 16.6. The second kappa shape index (κ2) is 18.3. The lowest BCUT2D eigenvalue weighted by atomic mass is 10.0. The Bertz CT molecular complexity index is 870. The molecule has 9 heteroatoms. The van der Waals surface area contributed by atoms with E-state index in [4.69, 9.17) is 18.9 Å². The SMILES string of the molecule is CCCCCC(=O)Oc1ccc(C[C@H](NCC(C)OC(=O)CC)C(=O)OC)cc1OC(=O)CCCCC. The number of esters is 4. The minimum atomic E-state index is -0.733. The van der Waals surface area contributed by atoms with Crippen LogP contribution in [0.2, 0.25) is 0 Å². The molecule has 208 valence electrons.